The number of benzene rings is 1. The fourth-order valence-electron chi connectivity index (χ4n) is 2.68. The van der Waals surface area contributed by atoms with Crippen LogP contribution in [0.3, 0.4) is 0 Å². The van der Waals surface area contributed by atoms with Crippen LogP contribution >= 0.6 is 0 Å². The largest absolute Gasteiger partial charge is 0.490 e. The Hall–Kier alpha value is -2.65. The van der Waals surface area contributed by atoms with Crippen molar-refractivity contribution in [2.24, 2.45) is 5.92 Å². The standard InChI is InChI=1S/C19H23N3O5S/c1-13(2)18(19(23)21-17-6-3-4-9-20-17)22-28(24,25)14-7-8-15-16(12-14)27-11-5-10-26-15/h3-4,6-9,12-13,18,22H,5,10-11H2,1-2H3,(H,20,21,23)/t18-/m0/s1. The smallest absolute Gasteiger partial charge is 0.243 e. The zero-order valence-electron chi connectivity index (χ0n) is 15.7. The zero-order valence-corrected chi connectivity index (χ0v) is 16.5. The molecule has 0 bridgehead atoms. The molecule has 0 aliphatic carbocycles. The number of ether oxygens (including phenoxy) is 2. The van der Waals surface area contributed by atoms with Crippen molar-refractivity contribution in [2.45, 2.75) is 31.2 Å². The molecule has 3 rings (SSSR count). The normalized spacial score (nSPS) is 15.0. The minimum absolute atomic E-state index is 0.00744. The molecule has 2 heterocycles. The summed E-state index contributed by atoms with van der Waals surface area (Å²) in [6, 6.07) is 8.53. The monoisotopic (exact) mass is 405 g/mol. The number of carbonyl (C=O) groups is 1. The number of rotatable bonds is 6. The Morgan fingerprint density at radius 3 is 2.54 bits per heavy atom. The molecule has 28 heavy (non-hydrogen) atoms. The van der Waals surface area contributed by atoms with Gasteiger partial charge in [-0.05, 0) is 30.2 Å². The molecule has 9 heteroatoms. The molecule has 2 aromatic rings. The van der Waals surface area contributed by atoms with Crippen LogP contribution in [-0.2, 0) is 14.8 Å². The Bertz CT molecular complexity index is 932. The first-order valence-electron chi connectivity index (χ1n) is 9.01. The molecule has 0 radical (unpaired) electrons. The van der Waals surface area contributed by atoms with Crippen molar-refractivity contribution in [1.29, 1.82) is 0 Å². The van der Waals surface area contributed by atoms with Gasteiger partial charge in [0.1, 0.15) is 11.9 Å². The molecule has 1 aliphatic rings. The summed E-state index contributed by atoms with van der Waals surface area (Å²) >= 11 is 0. The Kier molecular flexibility index (Phi) is 6.15. The number of aromatic nitrogens is 1. The van der Waals surface area contributed by atoms with Gasteiger partial charge in [-0.15, -0.1) is 0 Å². The van der Waals surface area contributed by atoms with Gasteiger partial charge in [0.15, 0.2) is 11.5 Å². The summed E-state index contributed by atoms with van der Waals surface area (Å²) in [4.78, 5) is 16.7. The number of sulfonamides is 1. The second-order valence-corrected chi connectivity index (χ2v) is 8.42. The molecule has 150 valence electrons. The summed E-state index contributed by atoms with van der Waals surface area (Å²) in [5, 5.41) is 2.63. The second kappa shape index (κ2) is 8.57. The average Bonchev–Trinajstić information content (AvgIpc) is 2.91. The van der Waals surface area contributed by atoms with Crippen LogP contribution in [0.5, 0.6) is 11.5 Å². The first kappa shape index (κ1) is 20.1. The van der Waals surface area contributed by atoms with E-state index >= 15 is 0 Å². The quantitative estimate of drug-likeness (QED) is 0.763. The summed E-state index contributed by atoms with van der Waals surface area (Å²) in [5.41, 5.74) is 0. The molecular weight excluding hydrogens is 382 g/mol. The minimum Gasteiger partial charge on any atom is -0.490 e. The fourth-order valence-corrected chi connectivity index (χ4v) is 4.04. The van der Waals surface area contributed by atoms with E-state index in [1.165, 1.54) is 12.1 Å². The molecule has 0 saturated heterocycles. The van der Waals surface area contributed by atoms with Crippen LogP contribution in [-0.4, -0.2) is 38.6 Å². The number of nitrogens with zero attached hydrogens (tertiary/aromatic N) is 1. The van der Waals surface area contributed by atoms with Crippen molar-refractivity contribution < 1.29 is 22.7 Å². The number of carbonyl (C=O) groups excluding carboxylic acids is 1. The maximum absolute atomic E-state index is 12.9. The number of hydrogen-bond acceptors (Lipinski definition) is 6. The third-order valence-electron chi connectivity index (χ3n) is 4.18. The Labute approximate surface area is 164 Å². The van der Waals surface area contributed by atoms with Gasteiger partial charge in [-0.2, -0.15) is 4.72 Å². The number of pyridine rings is 1. The van der Waals surface area contributed by atoms with E-state index in [0.29, 0.717) is 30.5 Å². The number of amides is 1. The molecule has 0 unspecified atom stereocenters. The van der Waals surface area contributed by atoms with Gasteiger partial charge in [-0.25, -0.2) is 13.4 Å². The summed E-state index contributed by atoms with van der Waals surface area (Å²) in [7, 11) is -3.95. The van der Waals surface area contributed by atoms with E-state index in [1.54, 1.807) is 44.3 Å². The van der Waals surface area contributed by atoms with E-state index in [0.717, 1.165) is 6.42 Å². The van der Waals surface area contributed by atoms with Gasteiger partial charge in [0, 0.05) is 18.7 Å². The lowest BCUT2D eigenvalue weighted by Crippen LogP contribution is -2.47. The van der Waals surface area contributed by atoms with E-state index in [1.807, 2.05) is 0 Å². The van der Waals surface area contributed by atoms with Crippen molar-refractivity contribution >= 4 is 21.7 Å². The highest BCUT2D eigenvalue weighted by Crippen LogP contribution is 2.32. The molecule has 1 atom stereocenters. The number of nitrogens with one attached hydrogen (secondary N) is 2. The number of hydrogen-bond donors (Lipinski definition) is 2. The molecule has 1 aromatic heterocycles. The molecule has 1 amide bonds. The maximum Gasteiger partial charge on any atom is 0.243 e. The maximum atomic E-state index is 12.9. The lowest BCUT2D eigenvalue weighted by Gasteiger charge is -2.21. The van der Waals surface area contributed by atoms with Gasteiger partial charge in [0.2, 0.25) is 15.9 Å². The van der Waals surface area contributed by atoms with Gasteiger partial charge in [-0.1, -0.05) is 19.9 Å². The minimum atomic E-state index is -3.95. The van der Waals surface area contributed by atoms with Gasteiger partial charge >= 0.3 is 0 Å². The van der Waals surface area contributed by atoms with Gasteiger partial charge < -0.3 is 14.8 Å². The average molecular weight is 405 g/mol. The van der Waals surface area contributed by atoms with E-state index in [4.69, 9.17) is 9.47 Å². The van der Waals surface area contributed by atoms with Crippen LogP contribution in [0.2, 0.25) is 0 Å². The number of fused-ring (bicyclic) bond motifs is 1. The van der Waals surface area contributed by atoms with Crippen molar-refractivity contribution in [2.75, 3.05) is 18.5 Å². The topological polar surface area (TPSA) is 107 Å². The van der Waals surface area contributed by atoms with E-state index in [9.17, 15) is 13.2 Å². The zero-order chi connectivity index (χ0) is 20.1. The summed E-state index contributed by atoms with van der Waals surface area (Å²) in [5.74, 6) is 0.475. The lowest BCUT2D eigenvalue weighted by molar-refractivity contribution is -0.118. The van der Waals surface area contributed by atoms with Gasteiger partial charge in [-0.3, -0.25) is 4.79 Å². The SMILES string of the molecule is CC(C)[C@H](NS(=O)(=O)c1ccc2c(c1)OCCCO2)C(=O)Nc1ccccn1. The molecule has 8 nitrogen and oxygen atoms in total. The molecule has 0 saturated carbocycles. The third kappa shape index (κ3) is 4.79. The number of anilines is 1. The molecule has 1 aliphatic heterocycles. The van der Waals surface area contributed by atoms with Crippen LogP contribution in [0.25, 0.3) is 0 Å². The summed E-state index contributed by atoms with van der Waals surface area (Å²) in [6.07, 6.45) is 2.26. The molecule has 2 N–H and O–H groups in total. The lowest BCUT2D eigenvalue weighted by atomic mass is 10.1. The first-order chi connectivity index (χ1) is 13.4. The van der Waals surface area contributed by atoms with E-state index < -0.39 is 22.0 Å². The van der Waals surface area contributed by atoms with Crippen LogP contribution in [0.15, 0.2) is 47.5 Å². The van der Waals surface area contributed by atoms with E-state index in [2.05, 4.69) is 15.0 Å². The Morgan fingerprint density at radius 1 is 1.11 bits per heavy atom. The highest BCUT2D eigenvalue weighted by atomic mass is 32.2. The molecular formula is C19H23N3O5S. The summed E-state index contributed by atoms with van der Waals surface area (Å²) in [6.45, 7) is 4.49. The van der Waals surface area contributed by atoms with Gasteiger partial charge in [0.05, 0.1) is 18.1 Å². The second-order valence-electron chi connectivity index (χ2n) is 6.71. The van der Waals surface area contributed by atoms with Crippen LogP contribution in [0, 0.1) is 5.92 Å². The van der Waals surface area contributed by atoms with Crippen molar-refractivity contribution in [1.82, 2.24) is 9.71 Å². The molecule has 0 spiro atoms. The van der Waals surface area contributed by atoms with Crippen LogP contribution in [0.1, 0.15) is 20.3 Å². The predicted molar refractivity (Wildman–Crippen MR) is 104 cm³/mol. The first-order valence-corrected chi connectivity index (χ1v) is 10.5. The van der Waals surface area contributed by atoms with Crippen molar-refractivity contribution in [3.63, 3.8) is 0 Å². The van der Waals surface area contributed by atoms with Gasteiger partial charge in [0.25, 0.3) is 0 Å². The fraction of sp³-hybridized carbons (Fsp3) is 0.368. The Balaban J connectivity index is 1.80. The Morgan fingerprint density at radius 2 is 1.86 bits per heavy atom. The molecule has 0 fully saturated rings. The third-order valence-corrected chi connectivity index (χ3v) is 5.62. The summed E-state index contributed by atoms with van der Waals surface area (Å²) < 4.78 is 39.3. The van der Waals surface area contributed by atoms with E-state index in [-0.39, 0.29) is 10.8 Å². The van der Waals surface area contributed by atoms with Crippen LogP contribution < -0.4 is 19.5 Å². The highest BCUT2D eigenvalue weighted by Gasteiger charge is 2.29. The predicted octanol–water partition coefficient (Wildman–Crippen LogP) is 2.18. The molecule has 1 aromatic carbocycles. The van der Waals surface area contributed by atoms with Crippen molar-refractivity contribution in [3.8, 4) is 11.5 Å². The highest BCUT2D eigenvalue weighted by molar-refractivity contribution is 7.89. The van der Waals surface area contributed by atoms with Crippen LogP contribution in [0.4, 0.5) is 5.82 Å². The van der Waals surface area contributed by atoms with Crippen molar-refractivity contribution in [3.05, 3.63) is 42.6 Å².